The van der Waals surface area contributed by atoms with Gasteiger partial charge in [0.05, 0.1) is 0 Å². The second kappa shape index (κ2) is 18.8. The number of fused-ring (bicyclic) bond motifs is 12. The summed E-state index contributed by atoms with van der Waals surface area (Å²) >= 11 is 0. The van der Waals surface area contributed by atoms with E-state index < -0.39 is 0 Å². The van der Waals surface area contributed by atoms with Crippen molar-refractivity contribution in [3.05, 3.63) is 239 Å². The maximum atomic E-state index is 2.27. The Labute approximate surface area is 385 Å². The van der Waals surface area contributed by atoms with Crippen LogP contribution in [0.3, 0.4) is 0 Å². The van der Waals surface area contributed by atoms with Gasteiger partial charge in [0, 0.05) is 0 Å². The summed E-state index contributed by atoms with van der Waals surface area (Å²) in [5.74, 6) is 0. The van der Waals surface area contributed by atoms with Gasteiger partial charge in [0.15, 0.2) is 0 Å². The summed E-state index contributed by atoms with van der Waals surface area (Å²) in [6.45, 7) is 17.2. The highest BCUT2D eigenvalue weighted by molar-refractivity contribution is 6.11. The van der Waals surface area contributed by atoms with Crippen molar-refractivity contribution in [3.8, 4) is 0 Å². The van der Waals surface area contributed by atoms with Gasteiger partial charge in [-0.1, -0.05) is 229 Å². The zero-order valence-electron chi connectivity index (χ0n) is 38.5. The van der Waals surface area contributed by atoms with E-state index >= 15 is 0 Å². The highest BCUT2D eigenvalue weighted by Crippen LogP contribution is 2.31. The molecule has 0 nitrogen and oxygen atoms in total. The molecule has 0 saturated heterocycles. The fourth-order valence-electron chi connectivity index (χ4n) is 9.39. The summed E-state index contributed by atoms with van der Waals surface area (Å²) in [7, 11) is 0. The Morgan fingerprint density at radius 2 is 0.431 bits per heavy atom. The molecular weight excluding hydrogens is 781 g/mol. The van der Waals surface area contributed by atoms with E-state index in [2.05, 4.69) is 250 Å². The minimum Gasteiger partial charge on any atom is -0.0776 e. The molecule has 0 spiro atoms. The van der Waals surface area contributed by atoms with Crippen LogP contribution < -0.4 is 0 Å². The van der Waals surface area contributed by atoms with E-state index in [1.54, 1.807) is 0 Å². The molecule has 12 aromatic carbocycles. The molecule has 0 heteroatoms. The first-order valence-corrected chi connectivity index (χ1v) is 22.6. The van der Waals surface area contributed by atoms with Gasteiger partial charge >= 0.3 is 0 Å². The first-order chi connectivity index (χ1) is 31.0. The van der Waals surface area contributed by atoms with E-state index in [0.717, 1.165) is 0 Å². The zero-order valence-corrected chi connectivity index (χ0v) is 38.5. The Hall–Kier alpha value is -7.28. The van der Waals surface area contributed by atoms with Gasteiger partial charge in [-0.05, 0) is 158 Å². The second-order valence-electron chi connectivity index (χ2n) is 17.9. The van der Waals surface area contributed by atoms with Crippen molar-refractivity contribution < 1.29 is 0 Å². The van der Waals surface area contributed by atoms with Crippen molar-refractivity contribution >= 4 is 86.2 Å². The molecule has 0 unspecified atom stereocenters. The topological polar surface area (TPSA) is 0 Å². The standard InChI is InChI=1S/4C16H14.CH4/c1-11-3-7-15-13(9-11)5-6-14-10-12(2)4-8-16(14)15;1-11-3-5-13-7-8-14-6-4-12(2)10-16(14)15(13)9-11;1-11-5-3-7-15-13(11)9-10-14-12(2)6-4-8-16(14)15;1-11-6-7-13-8-9-14-12(2)4-3-5-15(14)16(13)10-11;/h4*3-10H,1-2H3;1H4. The van der Waals surface area contributed by atoms with Crippen molar-refractivity contribution in [3.63, 3.8) is 0 Å². The Morgan fingerprint density at radius 3 is 0.815 bits per heavy atom. The van der Waals surface area contributed by atoms with Gasteiger partial charge in [-0.3, -0.25) is 0 Å². The maximum Gasteiger partial charge on any atom is -0.0103 e. The summed E-state index contributed by atoms with van der Waals surface area (Å²) in [4.78, 5) is 0. The van der Waals surface area contributed by atoms with Crippen LogP contribution in [0.1, 0.15) is 51.9 Å². The Morgan fingerprint density at radius 1 is 0.185 bits per heavy atom. The van der Waals surface area contributed by atoms with E-state index in [1.165, 1.54) is 131 Å². The van der Waals surface area contributed by atoms with E-state index in [4.69, 9.17) is 0 Å². The van der Waals surface area contributed by atoms with Crippen LogP contribution in [0.15, 0.2) is 194 Å². The van der Waals surface area contributed by atoms with Gasteiger partial charge in [0.2, 0.25) is 0 Å². The fourth-order valence-corrected chi connectivity index (χ4v) is 9.39. The third kappa shape index (κ3) is 9.22. The summed E-state index contributed by atoms with van der Waals surface area (Å²) in [5, 5.41) is 21.6. The van der Waals surface area contributed by atoms with Crippen LogP contribution in [0.25, 0.3) is 86.2 Å². The Bertz CT molecular complexity index is 3380. The molecule has 65 heavy (non-hydrogen) atoms. The molecule has 0 aliphatic carbocycles. The van der Waals surface area contributed by atoms with Gasteiger partial charge in [0.25, 0.3) is 0 Å². The minimum atomic E-state index is 0. The van der Waals surface area contributed by atoms with Crippen molar-refractivity contribution in [1.82, 2.24) is 0 Å². The molecule has 12 rings (SSSR count). The molecule has 0 atom stereocenters. The summed E-state index contributed by atoms with van der Waals surface area (Å²) in [5.41, 5.74) is 10.6. The van der Waals surface area contributed by atoms with Crippen molar-refractivity contribution in [2.45, 2.75) is 62.8 Å². The molecule has 0 aliphatic rings. The third-order valence-electron chi connectivity index (χ3n) is 12.9. The lowest BCUT2D eigenvalue weighted by atomic mass is 9.97. The van der Waals surface area contributed by atoms with E-state index in [1.807, 2.05) is 0 Å². The van der Waals surface area contributed by atoms with Crippen LogP contribution in [-0.4, -0.2) is 0 Å². The zero-order chi connectivity index (χ0) is 44.5. The van der Waals surface area contributed by atoms with Gasteiger partial charge in [-0.25, -0.2) is 0 Å². The van der Waals surface area contributed by atoms with Crippen LogP contribution >= 0.6 is 0 Å². The third-order valence-corrected chi connectivity index (χ3v) is 12.9. The van der Waals surface area contributed by atoms with Gasteiger partial charge in [0.1, 0.15) is 0 Å². The van der Waals surface area contributed by atoms with E-state index in [9.17, 15) is 0 Å². The number of rotatable bonds is 0. The first kappa shape index (κ1) is 44.3. The molecule has 0 fully saturated rings. The molecule has 0 N–H and O–H groups in total. The smallest absolute Gasteiger partial charge is 0.0103 e. The normalized spacial score (nSPS) is 11.0. The molecule has 0 saturated carbocycles. The summed E-state index contributed by atoms with van der Waals surface area (Å²) in [6, 6.07) is 70.5. The minimum absolute atomic E-state index is 0. The first-order valence-electron chi connectivity index (χ1n) is 22.6. The number of aryl methyl sites for hydroxylation is 8. The molecular formula is C65H60. The number of hydrogen-bond donors (Lipinski definition) is 0. The molecule has 0 heterocycles. The quantitative estimate of drug-likeness (QED) is 0.133. The van der Waals surface area contributed by atoms with Gasteiger partial charge in [-0.2, -0.15) is 0 Å². The summed E-state index contributed by atoms with van der Waals surface area (Å²) in [6.07, 6.45) is 0. The lowest BCUT2D eigenvalue weighted by molar-refractivity contribution is 1.50. The van der Waals surface area contributed by atoms with Crippen molar-refractivity contribution in [2.75, 3.05) is 0 Å². The van der Waals surface area contributed by atoms with Crippen molar-refractivity contribution in [2.24, 2.45) is 0 Å². The predicted molar refractivity (Wildman–Crippen MR) is 290 cm³/mol. The molecule has 0 amide bonds. The Balaban J connectivity index is 0.000000118. The molecule has 320 valence electrons. The lowest BCUT2D eigenvalue weighted by Crippen LogP contribution is -1.82. The fraction of sp³-hybridized carbons (Fsp3) is 0.138. The maximum absolute atomic E-state index is 2.27. The molecule has 0 aliphatic heterocycles. The highest BCUT2D eigenvalue weighted by atomic mass is 14.1. The number of benzene rings is 12. The summed E-state index contributed by atoms with van der Waals surface area (Å²) < 4.78 is 0. The highest BCUT2D eigenvalue weighted by Gasteiger charge is 2.05. The molecule has 0 radical (unpaired) electrons. The molecule has 12 aromatic rings. The SMILES string of the molecule is C.Cc1ccc2c(ccc3cc(C)ccc32)c1.Cc1ccc2ccc3c(C)cccc3c2c1.Cc1ccc2ccc3ccc(C)cc3c2c1.Cc1cccc2c1ccc1c(C)cccc12. The van der Waals surface area contributed by atoms with E-state index in [0.29, 0.717) is 0 Å². The van der Waals surface area contributed by atoms with Crippen molar-refractivity contribution in [1.29, 1.82) is 0 Å². The Kier molecular flexibility index (Phi) is 12.8. The molecule has 0 bridgehead atoms. The molecule has 0 aromatic heterocycles. The van der Waals surface area contributed by atoms with E-state index in [-0.39, 0.29) is 7.43 Å². The average Bonchev–Trinajstić information content (AvgIpc) is 3.30. The van der Waals surface area contributed by atoms with Crippen LogP contribution in [0, 0.1) is 55.4 Å². The van der Waals surface area contributed by atoms with Crippen LogP contribution in [0.2, 0.25) is 0 Å². The largest absolute Gasteiger partial charge is 0.0776 e. The van der Waals surface area contributed by atoms with Crippen LogP contribution in [0.4, 0.5) is 0 Å². The van der Waals surface area contributed by atoms with Gasteiger partial charge in [-0.15, -0.1) is 0 Å². The van der Waals surface area contributed by atoms with Crippen LogP contribution in [0.5, 0.6) is 0 Å². The number of hydrogen-bond acceptors (Lipinski definition) is 0. The lowest BCUT2D eigenvalue weighted by Gasteiger charge is -2.07. The monoisotopic (exact) mass is 840 g/mol. The average molecular weight is 841 g/mol. The predicted octanol–water partition coefficient (Wildman–Crippen LogP) is 19.1. The van der Waals surface area contributed by atoms with Gasteiger partial charge < -0.3 is 0 Å². The van der Waals surface area contributed by atoms with Crippen LogP contribution in [-0.2, 0) is 0 Å². The second-order valence-corrected chi connectivity index (χ2v) is 17.9.